The number of fused-ring (bicyclic) bond motifs is 1. The van der Waals surface area contributed by atoms with Crippen LogP contribution in [-0.2, 0) is 11.2 Å². The second-order valence-electron chi connectivity index (χ2n) is 12.3. The third-order valence-electron chi connectivity index (χ3n) is 8.50. The Kier molecular flexibility index (Phi) is 10.4. The van der Waals surface area contributed by atoms with Crippen molar-refractivity contribution in [1.82, 2.24) is 24.8 Å². The van der Waals surface area contributed by atoms with Crippen molar-refractivity contribution in [1.29, 1.82) is 5.41 Å². The van der Waals surface area contributed by atoms with Crippen LogP contribution in [0.4, 0.5) is 9.52 Å². The molecule has 1 fully saturated rings. The van der Waals surface area contributed by atoms with Crippen molar-refractivity contribution in [2.24, 2.45) is 11.5 Å². The van der Waals surface area contributed by atoms with Crippen molar-refractivity contribution in [2.75, 3.05) is 11.9 Å². The van der Waals surface area contributed by atoms with Gasteiger partial charge in [0.05, 0.1) is 28.6 Å². The molecule has 4 heterocycles. The van der Waals surface area contributed by atoms with E-state index in [0.29, 0.717) is 40.9 Å². The Hall–Kier alpha value is -4.30. The molecule has 2 aromatic carbocycles. The Morgan fingerprint density at radius 2 is 2.08 bits per heavy atom. The number of rotatable bonds is 12. The Labute approximate surface area is 286 Å². The molecule has 14 heteroatoms. The zero-order chi connectivity index (χ0) is 33.8. The van der Waals surface area contributed by atoms with Gasteiger partial charge >= 0.3 is 5.69 Å². The van der Waals surface area contributed by atoms with Crippen molar-refractivity contribution in [3.05, 3.63) is 92.7 Å². The second kappa shape index (κ2) is 14.9. The molecule has 0 radical (unpaired) electrons. The minimum absolute atomic E-state index is 0.0425. The van der Waals surface area contributed by atoms with E-state index in [9.17, 15) is 4.79 Å². The molecule has 5 aromatic rings. The maximum absolute atomic E-state index is 15.2. The molecule has 6 rings (SSSR count). The summed E-state index contributed by atoms with van der Waals surface area (Å²) < 4.78 is 23.2. The lowest BCUT2D eigenvalue weighted by molar-refractivity contribution is -0.0582. The van der Waals surface area contributed by atoms with Gasteiger partial charge in [0.2, 0.25) is 0 Å². The van der Waals surface area contributed by atoms with Crippen molar-refractivity contribution in [3.8, 4) is 16.9 Å². The Balaban J connectivity index is 1.22. The lowest BCUT2D eigenvalue weighted by Crippen LogP contribution is -2.39. The highest BCUT2D eigenvalue weighted by Gasteiger charge is 2.31. The predicted octanol–water partition coefficient (Wildman–Crippen LogP) is 5.87. The Bertz CT molecular complexity index is 1930. The first kappa shape index (κ1) is 33.6. The number of nitrogens with one attached hydrogen (secondary N) is 4. The summed E-state index contributed by atoms with van der Waals surface area (Å²) in [5, 5.41) is 17.3. The Morgan fingerprint density at radius 1 is 1.27 bits per heavy atom. The quantitative estimate of drug-likeness (QED) is 0.0696. The van der Waals surface area contributed by atoms with Crippen LogP contribution in [0.2, 0.25) is 5.02 Å². The number of hydrogen-bond donors (Lipinski definition) is 6. The van der Waals surface area contributed by atoms with Crippen LogP contribution >= 0.6 is 22.9 Å². The molecule has 1 aliphatic rings. The summed E-state index contributed by atoms with van der Waals surface area (Å²) in [5.74, 6) is -0.597. The number of hydrogen-bond acceptors (Lipinski definition) is 8. The number of aromatic amines is 1. The normalized spacial score (nSPS) is 18.5. The van der Waals surface area contributed by atoms with Gasteiger partial charge in [0.1, 0.15) is 5.65 Å². The van der Waals surface area contributed by atoms with Gasteiger partial charge in [0, 0.05) is 47.4 Å². The maximum Gasteiger partial charge on any atom is 0.354 e. The SMILES string of the molecule is C[C@H](N)CCCc1cc(Cl)c(F)c(-c2cc3cn(-c4ccc([C@@H]5C[C@@H](Nc6nccs6)C[C@@H](CCNC(=N)N)O5)cc4)c(=O)nc3[nH]2)c1. The lowest BCUT2D eigenvalue weighted by atomic mass is 9.93. The number of guanidine groups is 1. The molecule has 1 saturated heterocycles. The number of anilines is 1. The molecular formula is C34H39ClFN9O2S. The predicted molar refractivity (Wildman–Crippen MR) is 190 cm³/mol. The van der Waals surface area contributed by atoms with Crippen molar-refractivity contribution in [3.63, 3.8) is 0 Å². The Morgan fingerprint density at radius 3 is 2.81 bits per heavy atom. The summed E-state index contributed by atoms with van der Waals surface area (Å²) in [5.41, 5.74) is 14.6. The van der Waals surface area contributed by atoms with Crippen molar-refractivity contribution >= 4 is 45.1 Å². The van der Waals surface area contributed by atoms with Gasteiger partial charge in [-0.1, -0.05) is 23.7 Å². The van der Waals surface area contributed by atoms with Crippen LogP contribution in [0.15, 0.2) is 65.0 Å². The van der Waals surface area contributed by atoms with Gasteiger partial charge in [0.25, 0.3) is 0 Å². The summed E-state index contributed by atoms with van der Waals surface area (Å²) in [6.45, 7) is 2.50. The molecule has 1 aliphatic heterocycles. The third-order valence-corrected chi connectivity index (χ3v) is 9.48. The number of halogens is 2. The highest BCUT2D eigenvalue weighted by atomic mass is 35.5. The number of nitrogens with two attached hydrogens (primary N) is 2. The summed E-state index contributed by atoms with van der Waals surface area (Å²) in [6.07, 6.45) is 7.90. The molecule has 0 unspecified atom stereocenters. The fraction of sp³-hybridized carbons (Fsp3) is 0.353. The van der Waals surface area contributed by atoms with Gasteiger partial charge in [-0.15, -0.1) is 11.3 Å². The van der Waals surface area contributed by atoms with E-state index in [1.807, 2.05) is 36.6 Å². The van der Waals surface area contributed by atoms with Crippen LogP contribution in [0.5, 0.6) is 0 Å². The van der Waals surface area contributed by atoms with Crippen LogP contribution in [0, 0.1) is 11.2 Å². The summed E-state index contributed by atoms with van der Waals surface area (Å²) >= 11 is 7.83. The molecule has 0 saturated carbocycles. The number of ether oxygens (including phenoxy) is 1. The van der Waals surface area contributed by atoms with E-state index in [1.54, 1.807) is 41.9 Å². The average Bonchev–Trinajstić information content (AvgIpc) is 3.71. The zero-order valence-electron chi connectivity index (χ0n) is 26.5. The maximum atomic E-state index is 15.2. The van der Waals surface area contributed by atoms with Crippen LogP contribution < -0.4 is 27.8 Å². The van der Waals surface area contributed by atoms with E-state index in [0.717, 1.165) is 48.4 Å². The van der Waals surface area contributed by atoms with Crippen molar-refractivity contribution in [2.45, 2.75) is 69.7 Å². The van der Waals surface area contributed by atoms with E-state index in [2.05, 4.69) is 25.6 Å². The molecule has 8 N–H and O–H groups in total. The molecule has 0 aliphatic carbocycles. The first-order valence-corrected chi connectivity index (χ1v) is 17.2. The monoisotopic (exact) mass is 691 g/mol. The molecule has 252 valence electrons. The molecule has 11 nitrogen and oxygen atoms in total. The molecular weight excluding hydrogens is 653 g/mol. The fourth-order valence-corrected chi connectivity index (χ4v) is 7.01. The lowest BCUT2D eigenvalue weighted by Gasteiger charge is -2.36. The number of benzene rings is 2. The van der Waals surface area contributed by atoms with Crippen LogP contribution in [-0.4, -0.2) is 50.2 Å². The van der Waals surface area contributed by atoms with Gasteiger partial charge in [-0.3, -0.25) is 9.98 Å². The summed E-state index contributed by atoms with van der Waals surface area (Å²) in [7, 11) is 0. The van der Waals surface area contributed by atoms with Gasteiger partial charge in [-0.2, -0.15) is 4.98 Å². The zero-order valence-corrected chi connectivity index (χ0v) is 28.1. The van der Waals surface area contributed by atoms with Crippen LogP contribution in [0.25, 0.3) is 28.0 Å². The molecule has 0 bridgehead atoms. The number of aromatic nitrogens is 4. The number of nitrogens with zero attached hydrogens (tertiary/aromatic N) is 3. The fourth-order valence-electron chi connectivity index (χ4n) is 6.16. The number of H-pyrrole nitrogens is 1. The van der Waals surface area contributed by atoms with Gasteiger partial charge in [-0.25, -0.2) is 14.2 Å². The first-order chi connectivity index (χ1) is 23.1. The van der Waals surface area contributed by atoms with Gasteiger partial charge < -0.3 is 31.8 Å². The molecule has 4 atom stereocenters. The van der Waals surface area contributed by atoms with E-state index < -0.39 is 11.5 Å². The molecule has 0 amide bonds. The summed E-state index contributed by atoms with van der Waals surface area (Å²) in [4.78, 5) is 24.9. The molecule has 48 heavy (non-hydrogen) atoms. The standard InChI is InChI=1S/C34H39ClFN9O2S/c1-19(37)3-2-4-20-13-26(30(36)27(35)14-20)28-15-22-18-45(34(46)44-31(22)43-28)24-7-5-21(6-8-24)29-17-23(42-33-41-11-12-48-33)16-25(47-29)9-10-40-32(38)39/h5-8,11-15,18-19,23,25,29H,2-4,9-10,16-17,37H2,1H3,(H,41,42)(H4,38,39,40)(H,43,44,46)/t19-,23-,25+,29-/m0/s1. The van der Waals surface area contributed by atoms with Crippen LogP contribution in [0.3, 0.4) is 0 Å². The van der Waals surface area contributed by atoms with E-state index in [1.165, 1.54) is 4.57 Å². The number of thiazole rings is 1. The third kappa shape index (κ3) is 8.04. The average molecular weight is 692 g/mol. The topological polar surface area (TPSA) is 173 Å². The minimum atomic E-state index is -0.531. The smallest absolute Gasteiger partial charge is 0.354 e. The van der Waals surface area contributed by atoms with E-state index >= 15 is 4.39 Å². The van der Waals surface area contributed by atoms with Gasteiger partial charge in [-0.05, 0) is 86.9 Å². The second-order valence-corrected chi connectivity index (χ2v) is 13.6. The summed E-state index contributed by atoms with van der Waals surface area (Å²) in [6, 6.07) is 13.1. The largest absolute Gasteiger partial charge is 0.370 e. The number of aryl methyl sites for hydroxylation is 1. The van der Waals surface area contributed by atoms with Crippen LogP contribution in [0.1, 0.15) is 56.3 Å². The van der Waals surface area contributed by atoms with Gasteiger partial charge in [0.15, 0.2) is 16.9 Å². The van der Waals surface area contributed by atoms with Crippen molar-refractivity contribution < 1.29 is 9.13 Å². The molecule has 3 aromatic heterocycles. The minimum Gasteiger partial charge on any atom is -0.370 e. The molecule has 0 spiro atoms. The van der Waals surface area contributed by atoms with E-state index in [-0.39, 0.29) is 35.3 Å². The highest BCUT2D eigenvalue weighted by molar-refractivity contribution is 7.13. The first-order valence-electron chi connectivity index (χ1n) is 16.0. The highest BCUT2D eigenvalue weighted by Crippen LogP contribution is 2.35. The van der Waals surface area contributed by atoms with E-state index in [4.69, 9.17) is 33.2 Å².